The molecule has 3 rings (SSSR count). The molecule has 0 radical (unpaired) electrons. The second kappa shape index (κ2) is 10.9. The predicted molar refractivity (Wildman–Crippen MR) is 124 cm³/mol. The second-order valence-corrected chi connectivity index (χ2v) is 8.15. The minimum atomic E-state index is -4.65. The molecule has 0 aliphatic rings. The number of carboxylic acid groups (broad SMARTS) is 1. The molecule has 2 aromatic carbocycles. The number of hydrogen-bond acceptors (Lipinski definition) is 5. The van der Waals surface area contributed by atoms with Crippen LogP contribution < -0.4 is 15.4 Å². The van der Waals surface area contributed by atoms with Crippen molar-refractivity contribution < 1.29 is 27.8 Å². The van der Waals surface area contributed by atoms with Crippen molar-refractivity contribution in [1.29, 1.82) is 0 Å². The van der Waals surface area contributed by atoms with Crippen LogP contribution in [-0.2, 0) is 17.5 Å². The molecule has 1 atom stereocenters. The molecule has 0 bridgehead atoms. The van der Waals surface area contributed by atoms with Crippen molar-refractivity contribution in [1.82, 2.24) is 10.3 Å². The van der Waals surface area contributed by atoms with Gasteiger partial charge in [0.25, 0.3) is 0 Å². The third-order valence-corrected chi connectivity index (χ3v) is 5.53. The number of aliphatic carboxylic acids is 1. The molecule has 0 spiro atoms. The lowest BCUT2D eigenvalue weighted by Crippen LogP contribution is -2.27. The fourth-order valence-electron chi connectivity index (χ4n) is 3.09. The van der Waals surface area contributed by atoms with E-state index in [1.165, 1.54) is 31.3 Å². The number of pyridine rings is 1. The van der Waals surface area contributed by atoms with Crippen LogP contribution in [-0.4, -0.2) is 22.6 Å². The Balaban J connectivity index is 1.69. The van der Waals surface area contributed by atoms with Gasteiger partial charge in [-0.3, -0.25) is 4.79 Å². The summed E-state index contributed by atoms with van der Waals surface area (Å²) in [5.74, 6) is -1.11. The first-order valence-electron chi connectivity index (χ1n) is 10.0. The van der Waals surface area contributed by atoms with Crippen LogP contribution in [0.1, 0.15) is 29.7 Å². The highest BCUT2D eigenvalue weighted by molar-refractivity contribution is 6.42. The molecule has 180 valence electrons. The number of ether oxygens (including phenoxy) is 1. The number of rotatable bonds is 9. The number of benzene rings is 2. The Labute approximate surface area is 203 Å². The van der Waals surface area contributed by atoms with Crippen LogP contribution in [0.3, 0.4) is 0 Å². The van der Waals surface area contributed by atoms with Crippen LogP contribution in [0.4, 0.5) is 18.9 Å². The smallest absolute Gasteiger partial charge is 0.416 e. The molecule has 3 N–H and O–H groups in total. The number of nitrogens with zero attached hydrogens (tertiary/aromatic N) is 1. The van der Waals surface area contributed by atoms with Gasteiger partial charge in [0.2, 0.25) is 5.88 Å². The van der Waals surface area contributed by atoms with Crippen molar-refractivity contribution in [2.45, 2.75) is 25.7 Å². The number of carboxylic acids is 1. The second-order valence-electron chi connectivity index (χ2n) is 7.33. The summed E-state index contributed by atoms with van der Waals surface area (Å²) in [5, 5.41) is 15.3. The number of anilines is 1. The van der Waals surface area contributed by atoms with E-state index >= 15 is 0 Å². The Morgan fingerprint density at radius 3 is 2.50 bits per heavy atom. The van der Waals surface area contributed by atoms with Gasteiger partial charge in [-0.05, 0) is 48.4 Å². The van der Waals surface area contributed by atoms with Crippen molar-refractivity contribution in [2.24, 2.45) is 0 Å². The summed E-state index contributed by atoms with van der Waals surface area (Å²) in [6.07, 6.45) is -3.16. The van der Waals surface area contributed by atoms with Crippen LogP contribution in [0.25, 0.3) is 0 Å². The third kappa shape index (κ3) is 6.99. The molecule has 0 aliphatic heterocycles. The molecule has 1 aromatic heterocycles. The number of alkyl halides is 3. The number of hydrogen-bond donors (Lipinski definition) is 3. The molecular formula is C23H20Cl2F3N3O3. The maximum atomic E-state index is 13.6. The van der Waals surface area contributed by atoms with E-state index < -0.39 is 30.3 Å². The standard InChI is InChI=1S/C23H20Cl2F3N3O3/c1-13(29-12-22(32)33)17-5-4-16(9-18(17)23(26,27)28)34-21-7-3-15(11-31-21)30-10-14-2-6-19(24)20(25)8-14/h2-9,11,13,29-30H,10,12H2,1H3,(H,32,33). The number of halogens is 5. The SMILES string of the molecule is CC(NCC(=O)O)c1ccc(Oc2ccc(NCc3ccc(Cl)c(Cl)c3)cn2)cc1C(F)(F)F. The molecule has 1 unspecified atom stereocenters. The van der Waals surface area contributed by atoms with Gasteiger partial charge in [-0.2, -0.15) is 13.2 Å². The van der Waals surface area contributed by atoms with Crippen LogP contribution in [0.2, 0.25) is 10.0 Å². The fourth-order valence-corrected chi connectivity index (χ4v) is 3.41. The largest absolute Gasteiger partial charge is 0.480 e. The molecule has 0 saturated heterocycles. The molecular weight excluding hydrogens is 494 g/mol. The average Bonchev–Trinajstić information content (AvgIpc) is 2.78. The zero-order valence-electron chi connectivity index (χ0n) is 17.8. The zero-order valence-corrected chi connectivity index (χ0v) is 19.3. The molecule has 0 amide bonds. The van der Waals surface area contributed by atoms with E-state index in [-0.39, 0.29) is 17.2 Å². The summed E-state index contributed by atoms with van der Waals surface area (Å²) in [6, 6.07) is 11.1. The van der Waals surface area contributed by atoms with Gasteiger partial charge in [0.1, 0.15) is 5.75 Å². The summed E-state index contributed by atoms with van der Waals surface area (Å²) in [6.45, 7) is 1.45. The minimum Gasteiger partial charge on any atom is -0.480 e. The van der Waals surface area contributed by atoms with Crippen molar-refractivity contribution in [2.75, 3.05) is 11.9 Å². The number of nitrogens with one attached hydrogen (secondary N) is 2. The monoisotopic (exact) mass is 513 g/mol. The van der Waals surface area contributed by atoms with E-state index in [0.29, 0.717) is 22.3 Å². The van der Waals surface area contributed by atoms with Gasteiger partial charge in [-0.15, -0.1) is 0 Å². The Morgan fingerprint density at radius 2 is 1.88 bits per heavy atom. The quantitative estimate of drug-likeness (QED) is 0.301. The predicted octanol–water partition coefficient (Wildman–Crippen LogP) is 6.55. The van der Waals surface area contributed by atoms with Crippen LogP contribution in [0, 0.1) is 0 Å². The lowest BCUT2D eigenvalue weighted by Gasteiger charge is -2.20. The van der Waals surface area contributed by atoms with Crippen molar-refractivity contribution in [3.8, 4) is 11.6 Å². The average molecular weight is 514 g/mol. The highest BCUT2D eigenvalue weighted by Crippen LogP contribution is 2.37. The lowest BCUT2D eigenvalue weighted by molar-refractivity contribution is -0.138. The first-order chi connectivity index (χ1) is 16.0. The first-order valence-corrected chi connectivity index (χ1v) is 10.8. The molecule has 1 heterocycles. The van der Waals surface area contributed by atoms with E-state index in [9.17, 15) is 18.0 Å². The summed E-state index contributed by atoms with van der Waals surface area (Å²) >= 11 is 11.9. The van der Waals surface area contributed by atoms with Gasteiger partial charge in [0, 0.05) is 18.7 Å². The van der Waals surface area contributed by atoms with Crippen molar-refractivity contribution in [3.05, 3.63) is 81.5 Å². The van der Waals surface area contributed by atoms with E-state index in [1.54, 1.807) is 18.2 Å². The highest BCUT2D eigenvalue weighted by Gasteiger charge is 2.35. The van der Waals surface area contributed by atoms with Crippen molar-refractivity contribution >= 4 is 34.9 Å². The normalized spacial score (nSPS) is 12.3. The molecule has 0 aliphatic carbocycles. The zero-order chi connectivity index (χ0) is 24.9. The highest BCUT2D eigenvalue weighted by atomic mass is 35.5. The summed E-state index contributed by atoms with van der Waals surface area (Å²) in [4.78, 5) is 14.8. The fraction of sp³-hybridized carbons (Fsp3) is 0.217. The number of carbonyl (C=O) groups is 1. The Bertz CT molecular complexity index is 1160. The van der Waals surface area contributed by atoms with Gasteiger partial charge >= 0.3 is 12.1 Å². The van der Waals surface area contributed by atoms with Gasteiger partial charge in [-0.25, -0.2) is 4.98 Å². The van der Waals surface area contributed by atoms with Crippen LogP contribution >= 0.6 is 23.2 Å². The van der Waals surface area contributed by atoms with E-state index in [2.05, 4.69) is 15.6 Å². The summed E-state index contributed by atoms with van der Waals surface area (Å²) in [7, 11) is 0. The van der Waals surface area contributed by atoms with Crippen molar-refractivity contribution in [3.63, 3.8) is 0 Å². The van der Waals surface area contributed by atoms with E-state index in [1.807, 2.05) is 6.07 Å². The molecule has 0 saturated carbocycles. The van der Waals surface area contributed by atoms with E-state index in [0.717, 1.165) is 11.6 Å². The number of aromatic nitrogens is 1. The van der Waals surface area contributed by atoms with Gasteiger partial charge in [0.05, 0.1) is 34.0 Å². The Morgan fingerprint density at radius 1 is 1.12 bits per heavy atom. The Hall–Kier alpha value is -3.01. The lowest BCUT2D eigenvalue weighted by atomic mass is 10.0. The molecule has 34 heavy (non-hydrogen) atoms. The van der Waals surface area contributed by atoms with Gasteiger partial charge < -0.3 is 20.5 Å². The van der Waals surface area contributed by atoms with Gasteiger partial charge in [0.15, 0.2) is 0 Å². The molecule has 6 nitrogen and oxygen atoms in total. The van der Waals surface area contributed by atoms with Gasteiger partial charge in [-0.1, -0.05) is 35.3 Å². The van der Waals surface area contributed by atoms with Crippen LogP contribution in [0.15, 0.2) is 54.7 Å². The third-order valence-electron chi connectivity index (χ3n) is 4.80. The molecule has 3 aromatic rings. The topological polar surface area (TPSA) is 83.5 Å². The first kappa shape index (κ1) is 25.6. The maximum absolute atomic E-state index is 13.6. The maximum Gasteiger partial charge on any atom is 0.416 e. The van der Waals surface area contributed by atoms with Crippen LogP contribution in [0.5, 0.6) is 11.6 Å². The minimum absolute atomic E-state index is 0.0504. The summed E-state index contributed by atoms with van der Waals surface area (Å²) < 4.78 is 46.3. The molecule has 11 heteroatoms. The molecule has 0 fully saturated rings. The van der Waals surface area contributed by atoms with E-state index in [4.69, 9.17) is 33.0 Å². The Kier molecular flexibility index (Phi) is 8.24. The summed E-state index contributed by atoms with van der Waals surface area (Å²) in [5.41, 5.74) is 0.566.